The van der Waals surface area contributed by atoms with Gasteiger partial charge in [0.1, 0.15) is 4.92 Å². The largest absolute Gasteiger partial charge is 0.434 e. The lowest BCUT2D eigenvalue weighted by atomic mass is 10.6. The van der Waals surface area contributed by atoms with Crippen LogP contribution in [0.3, 0.4) is 0 Å². The van der Waals surface area contributed by atoms with Crippen molar-refractivity contribution in [2.45, 2.75) is 6.92 Å². The maximum absolute atomic E-state index is 10.7. The van der Waals surface area contributed by atoms with Crippen molar-refractivity contribution in [1.82, 2.24) is 15.0 Å². The first kappa shape index (κ1) is 12.5. The summed E-state index contributed by atoms with van der Waals surface area (Å²) in [6.07, 6.45) is 1.24. The Morgan fingerprint density at radius 1 is 1.42 bits per heavy atom. The molecule has 0 spiro atoms. The van der Waals surface area contributed by atoms with E-state index in [0.29, 0.717) is 0 Å². The summed E-state index contributed by atoms with van der Waals surface area (Å²) in [4.78, 5) is 20.5. The number of aromatic nitrogens is 3. The molecule has 0 N–H and O–H groups in total. The second-order valence-electron chi connectivity index (χ2n) is 3.34. The molecule has 2 aromatic rings. The van der Waals surface area contributed by atoms with Crippen molar-refractivity contribution in [2.75, 3.05) is 11.6 Å². The van der Waals surface area contributed by atoms with Crippen LogP contribution in [0.1, 0.15) is 6.92 Å². The van der Waals surface area contributed by atoms with Gasteiger partial charge in [-0.2, -0.15) is 4.68 Å². The molecule has 0 aliphatic heterocycles. The van der Waals surface area contributed by atoms with Crippen LogP contribution in [0.25, 0.3) is 5.88 Å². The van der Waals surface area contributed by atoms with Crippen LogP contribution in [-0.2, 0) is 0 Å². The number of nitro groups is 2. The van der Waals surface area contributed by atoms with Crippen molar-refractivity contribution in [2.24, 2.45) is 0 Å². The van der Waals surface area contributed by atoms with Crippen molar-refractivity contribution in [3.05, 3.63) is 38.6 Å². The fourth-order valence-corrected chi connectivity index (χ4v) is 1.38. The molecule has 2 rings (SSSR count). The van der Waals surface area contributed by atoms with Gasteiger partial charge in [-0.15, -0.1) is 5.10 Å². The van der Waals surface area contributed by atoms with E-state index in [0.717, 1.165) is 15.8 Å². The number of hydrogen-bond acceptors (Lipinski definition) is 7. The number of nitrogens with zero attached hydrogens (tertiary/aromatic N) is 6. The normalized spacial score (nSPS) is 10.4. The standard InChI is InChI=1S/C8H8N6O5/c1-2-12(14(17)18)6-5-11(10-9-6)7-3-4-8(19-7)13(15)16/h3-5H,2H2,1H3. The van der Waals surface area contributed by atoms with Crippen LogP contribution < -0.4 is 5.01 Å². The summed E-state index contributed by atoms with van der Waals surface area (Å²) in [5.41, 5.74) is 0. The van der Waals surface area contributed by atoms with Gasteiger partial charge in [-0.25, -0.2) is 10.1 Å². The Morgan fingerprint density at radius 2 is 2.16 bits per heavy atom. The van der Waals surface area contributed by atoms with Crippen molar-refractivity contribution in [3.63, 3.8) is 0 Å². The van der Waals surface area contributed by atoms with Crippen LogP contribution in [0.4, 0.5) is 11.7 Å². The summed E-state index contributed by atoms with van der Waals surface area (Å²) in [7, 11) is 0. The van der Waals surface area contributed by atoms with Crippen molar-refractivity contribution in [1.29, 1.82) is 0 Å². The van der Waals surface area contributed by atoms with Crippen molar-refractivity contribution < 1.29 is 14.4 Å². The molecule has 0 aromatic carbocycles. The van der Waals surface area contributed by atoms with Gasteiger partial charge in [0.2, 0.25) is 11.7 Å². The summed E-state index contributed by atoms with van der Waals surface area (Å²) >= 11 is 0. The SMILES string of the molecule is CCN(c1cn(-c2ccc([N+](=O)[O-])o2)nn1)[N+](=O)[O-]. The van der Waals surface area contributed by atoms with E-state index in [-0.39, 0.29) is 18.2 Å². The first-order valence-electron chi connectivity index (χ1n) is 5.11. The monoisotopic (exact) mass is 268 g/mol. The molecule has 0 fully saturated rings. The summed E-state index contributed by atoms with van der Waals surface area (Å²) in [6, 6.07) is 2.47. The Balaban J connectivity index is 2.29. The van der Waals surface area contributed by atoms with Crippen LogP contribution >= 0.6 is 0 Å². The maximum atomic E-state index is 10.7. The third-order valence-electron chi connectivity index (χ3n) is 2.23. The number of anilines is 1. The maximum Gasteiger partial charge on any atom is 0.434 e. The van der Waals surface area contributed by atoms with Crippen LogP contribution in [0.2, 0.25) is 0 Å². The van der Waals surface area contributed by atoms with Crippen molar-refractivity contribution >= 4 is 11.7 Å². The summed E-state index contributed by atoms with van der Waals surface area (Å²) in [6.45, 7) is 1.68. The molecule has 0 bridgehead atoms. The molecule has 0 aliphatic rings. The fraction of sp³-hybridized carbons (Fsp3) is 0.250. The van der Waals surface area contributed by atoms with E-state index in [1.54, 1.807) is 6.92 Å². The lowest BCUT2D eigenvalue weighted by Gasteiger charge is -2.05. The topological polar surface area (TPSA) is 133 Å². The Kier molecular flexibility index (Phi) is 3.10. The van der Waals surface area contributed by atoms with E-state index >= 15 is 0 Å². The first-order chi connectivity index (χ1) is 9.02. The molecular weight excluding hydrogens is 260 g/mol. The van der Waals surface area contributed by atoms with Crippen molar-refractivity contribution in [3.8, 4) is 5.88 Å². The second kappa shape index (κ2) is 4.72. The zero-order valence-electron chi connectivity index (χ0n) is 9.66. The van der Waals surface area contributed by atoms with Gasteiger partial charge in [0.05, 0.1) is 18.8 Å². The third kappa shape index (κ3) is 2.34. The highest BCUT2D eigenvalue weighted by Gasteiger charge is 2.20. The predicted octanol–water partition coefficient (Wildman–Crippen LogP) is 0.786. The minimum Gasteiger partial charge on any atom is -0.382 e. The first-order valence-corrected chi connectivity index (χ1v) is 5.11. The number of hydrogen-bond donors (Lipinski definition) is 0. The van der Waals surface area contributed by atoms with E-state index in [4.69, 9.17) is 4.42 Å². The highest BCUT2D eigenvalue weighted by atomic mass is 16.7. The van der Waals surface area contributed by atoms with Gasteiger partial charge in [-0.3, -0.25) is 10.1 Å². The third-order valence-corrected chi connectivity index (χ3v) is 2.23. The lowest BCUT2D eigenvalue weighted by molar-refractivity contribution is -0.494. The zero-order chi connectivity index (χ0) is 14.0. The molecule has 0 saturated heterocycles. The Hall–Kier alpha value is -2.98. The van der Waals surface area contributed by atoms with E-state index < -0.39 is 15.8 Å². The van der Waals surface area contributed by atoms with Gasteiger partial charge in [-0.1, -0.05) is 10.2 Å². The smallest absolute Gasteiger partial charge is 0.382 e. The van der Waals surface area contributed by atoms with E-state index in [1.807, 2.05) is 0 Å². The van der Waals surface area contributed by atoms with Crippen LogP contribution in [0.15, 0.2) is 22.7 Å². The summed E-state index contributed by atoms with van der Waals surface area (Å²) < 4.78 is 5.97. The molecule has 11 nitrogen and oxygen atoms in total. The second-order valence-corrected chi connectivity index (χ2v) is 3.34. The number of rotatable bonds is 5. The molecule has 2 heterocycles. The number of furan rings is 1. The molecule has 0 radical (unpaired) electrons. The van der Waals surface area contributed by atoms with Gasteiger partial charge in [0, 0.05) is 6.07 Å². The Labute approximate surface area is 105 Å². The molecule has 0 amide bonds. The minimum absolute atomic E-state index is 0.00607. The Bertz CT molecular complexity index is 619. The molecule has 0 unspecified atom stereocenters. The van der Waals surface area contributed by atoms with E-state index in [2.05, 4.69) is 10.3 Å². The fourth-order valence-electron chi connectivity index (χ4n) is 1.38. The predicted molar refractivity (Wildman–Crippen MR) is 60.3 cm³/mol. The van der Waals surface area contributed by atoms with Gasteiger partial charge in [0.25, 0.3) is 0 Å². The molecule has 0 saturated carbocycles. The summed E-state index contributed by atoms with van der Waals surface area (Å²) in [5.74, 6) is -0.398. The summed E-state index contributed by atoms with van der Waals surface area (Å²) in [5, 5.41) is 28.5. The highest BCUT2D eigenvalue weighted by molar-refractivity contribution is 5.34. The molecule has 0 aliphatic carbocycles. The molecular formula is C8H8N6O5. The van der Waals surface area contributed by atoms with Crippen LogP contribution in [0.5, 0.6) is 0 Å². The van der Waals surface area contributed by atoms with E-state index in [9.17, 15) is 20.2 Å². The highest BCUT2D eigenvalue weighted by Crippen LogP contribution is 2.20. The van der Waals surface area contributed by atoms with Gasteiger partial charge in [-0.05, 0) is 6.92 Å². The number of hydrazine groups is 1. The van der Waals surface area contributed by atoms with Gasteiger partial charge < -0.3 is 4.42 Å². The molecule has 11 heteroatoms. The van der Waals surface area contributed by atoms with Gasteiger partial charge >= 0.3 is 5.88 Å². The lowest BCUT2D eigenvalue weighted by Crippen LogP contribution is -2.29. The van der Waals surface area contributed by atoms with Crippen LogP contribution in [0, 0.1) is 20.2 Å². The Morgan fingerprint density at radius 3 is 2.68 bits per heavy atom. The molecule has 0 atom stereocenters. The minimum atomic E-state index is -0.698. The average molecular weight is 268 g/mol. The van der Waals surface area contributed by atoms with Crippen LogP contribution in [-0.4, -0.2) is 31.5 Å². The van der Waals surface area contributed by atoms with E-state index in [1.165, 1.54) is 12.3 Å². The average Bonchev–Trinajstić information content (AvgIpc) is 2.96. The zero-order valence-corrected chi connectivity index (χ0v) is 9.66. The quantitative estimate of drug-likeness (QED) is 0.573. The molecule has 100 valence electrons. The molecule has 19 heavy (non-hydrogen) atoms. The molecule has 2 aromatic heterocycles. The van der Waals surface area contributed by atoms with Gasteiger partial charge in [0.15, 0.2) is 5.03 Å².